The van der Waals surface area contributed by atoms with Gasteiger partial charge in [-0.15, -0.1) is 11.6 Å². The van der Waals surface area contributed by atoms with Gasteiger partial charge in [0, 0.05) is 18.0 Å². The molecule has 26 heavy (non-hydrogen) atoms. The molecule has 0 aliphatic rings. The Bertz CT molecular complexity index is 684. The van der Waals surface area contributed by atoms with Crippen LogP contribution in [-0.2, 0) is 11.2 Å². The first-order chi connectivity index (χ1) is 12.5. The number of esters is 1. The molecule has 4 nitrogen and oxygen atoms in total. The van der Waals surface area contributed by atoms with Crippen LogP contribution in [0.1, 0.15) is 52.0 Å². The van der Waals surface area contributed by atoms with E-state index in [0.717, 1.165) is 24.0 Å². The van der Waals surface area contributed by atoms with Crippen LogP contribution in [0.4, 0.5) is 0 Å². The van der Waals surface area contributed by atoms with Crippen LogP contribution in [0.2, 0.25) is 0 Å². The fourth-order valence-corrected chi connectivity index (χ4v) is 2.98. The summed E-state index contributed by atoms with van der Waals surface area (Å²) >= 11 is 6.07. The maximum absolute atomic E-state index is 12.0. The van der Waals surface area contributed by atoms with E-state index in [0.29, 0.717) is 23.9 Å². The number of alkyl halides is 1. The maximum Gasteiger partial charge on any atom is 0.329 e. The van der Waals surface area contributed by atoms with Crippen molar-refractivity contribution in [2.75, 3.05) is 0 Å². The van der Waals surface area contributed by atoms with Crippen molar-refractivity contribution >= 4 is 17.6 Å². The van der Waals surface area contributed by atoms with Gasteiger partial charge in [0.05, 0.1) is 0 Å². The zero-order valence-corrected chi connectivity index (χ0v) is 16.5. The molecule has 2 rings (SSSR count). The summed E-state index contributed by atoms with van der Waals surface area (Å²) in [6, 6.07) is 7.18. The number of aryl methyl sites for hydroxylation is 1. The lowest BCUT2D eigenvalue weighted by Crippen LogP contribution is -2.22. The number of ether oxygens (including phenoxy) is 1. The van der Waals surface area contributed by atoms with Crippen LogP contribution in [0.15, 0.2) is 36.7 Å². The van der Waals surface area contributed by atoms with E-state index in [4.69, 9.17) is 16.3 Å². The highest BCUT2D eigenvalue weighted by atomic mass is 35.5. The Morgan fingerprint density at radius 1 is 1.12 bits per heavy atom. The molecule has 1 aromatic heterocycles. The van der Waals surface area contributed by atoms with E-state index < -0.39 is 11.3 Å². The highest BCUT2D eigenvalue weighted by Gasteiger charge is 2.19. The molecular weight excluding hydrogens is 348 g/mol. The second kappa shape index (κ2) is 10.3. The molecule has 0 bridgehead atoms. The van der Waals surface area contributed by atoms with Crippen molar-refractivity contribution in [2.24, 2.45) is 5.92 Å². The predicted molar refractivity (Wildman–Crippen MR) is 105 cm³/mol. The average Bonchev–Trinajstić information content (AvgIpc) is 2.62. The molecule has 1 unspecified atom stereocenters. The Hall–Kier alpha value is -1.94. The molecule has 2 aromatic rings. The summed E-state index contributed by atoms with van der Waals surface area (Å²) < 4.78 is 5.33. The van der Waals surface area contributed by atoms with E-state index in [1.165, 1.54) is 12.8 Å². The predicted octanol–water partition coefficient (Wildman–Crippen LogP) is 5.44. The van der Waals surface area contributed by atoms with E-state index in [9.17, 15) is 4.79 Å². The molecule has 0 spiro atoms. The van der Waals surface area contributed by atoms with Crippen LogP contribution < -0.4 is 4.74 Å². The van der Waals surface area contributed by atoms with Gasteiger partial charge < -0.3 is 4.74 Å². The van der Waals surface area contributed by atoms with Crippen molar-refractivity contribution in [2.45, 2.75) is 58.3 Å². The molecule has 140 valence electrons. The van der Waals surface area contributed by atoms with Gasteiger partial charge >= 0.3 is 5.97 Å². The highest BCUT2D eigenvalue weighted by molar-refractivity contribution is 6.30. The van der Waals surface area contributed by atoms with Crippen LogP contribution in [0.5, 0.6) is 5.75 Å². The van der Waals surface area contributed by atoms with Gasteiger partial charge in [-0.05, 0) is 55.0 Å². The SMILES string of the molecule is CCCCCc1cnc(-c2ccc(OC(=O)C(Cl)CC(C)C)cc2)nc1. The number of halogens is 1. The van der Waals surface area contributed by atoms with Gasteiger partial charge in [0.2, 0.25) is 0 Å². The Kier molecular flexibility index (Phi) is 8.05. The third-order valence-corrected chi connectivity index (χ3v) is 4.40. The number of aromatic nitrogens is 2. The van der Waals surface area contributed by atoms with Crippen LogP contribution >= 0.6 is 11.6 Å². The van der Waals surface area contributed by atoms with E-state index >= 15 is 0 Å². The van der Waals surface area contributed by atoms with E-state index in [-0.39, 0.29) is 0 Å². The molecule has 0 aliphatic carbocycles. The minimum atomic E-state index is -0.627. The minimum Gasteiger partial charge on any atom is -0.425 e. The normalized spacial score (nSPS) is 12.2. The molecule has 0 fully saturated rings. The van der Waals surface area contributed by atoms with Crippen LogP contribution in [-0.4, -0.2) is 21.3 Å². The lowest BCUT2D eigenvalue weighted by molar-refractivity contribution is -0.134. The molecule has 5 heteroatoms. The summed E-state index contributed by atoms with van der Waals surface area (Å²) in [6.07, 6.45) is 8.97. The smallest absolute Gasteiger partial charge is 0.329 e. The second-order valence-electron chi connectivity index (χ2n) is 6.91. The number of benzene rings is 1. The summed E-state index contributed by atoms with van der Waals surface area (Å²) in [5.41, 5.74) is 2.04. The van der Waals surface area contributed by atoms with Crippen LogP contribution in [0, 0.1) is 5.92 Å². The molecule has 0 N–H and O–H groups in total. The van der Waals surface area contributed by atoms with Crippen LogP contribution in [0.25, 0.3) is 11.4 Å². The quantitative estimate of drug-likeness (QED) is 0.254. The monoisotopic (exact) mass is 374 g/mol. The topological polar surface area (TPSA) is 52.1 Å². The Labute approximate surface area is 161 Å². The third kappa shape index (κ3) is 6.41. The number of rotatable bonds is 9. The summed E-state index contributed by atoms with van der Waals surface area (Å²) in [7, 11) is 0. The van der Waals surface area contributed by atoms with Crippen molar-refractivity contribution in [3.05, 3.63) is 42.2 Å². The average molecular weight is 375 g/mol. The largest absolute Gasteiger partial charge is 0.425 e. The number of hydrogen-bond donors (Lipinski definition) is 0. The number of hydrogen-bond acceptors (Lipinski definition) is 4. The fourth-order valence-electron chi connectivity index (χ4n) is 2.57. The Morgan fingerprint density at radius 3 is 2.35 bits per heavy atom. The second-order valence-corrected chi connectivity index (χ2v) is 7.44. The summed E-state index contributed by atoms with van der Waals surface area (Å²) in [5, 5.41) is -0.627. The number of unbranched alkanes of at least 4 members (excludes halogenated alkanes) is 2. The van der Waals surface area contributed by atoms with E-state index in [1.807, 2.05) is 38.4 Å². The van der Waals surface area contributed by atoms with Crippen LogP contribution in [0.3, 0.4) is 0 Å². The van der Waals surface area contributed by atoms with E-state index in [2.05, 4.69) is 16.9 Å². The van der Waals surface area contributed by atoms with Crippen molar-refractivity contribution in [1.29, 1.82) is 0 Å². The van der Waals surface area contributed by atoms with E-state index in [1.54, 1.807) is 12.1 Å². The summed E-state index contributed by atoms with van der Waals surface area (Å²) in [5.74, 6) is 1.07. The number of carbonyl (C=O) groups is 1. The molecule has 1 atom stereocenters. The summed E-state index contributed by atoms with van der Waals surface area (Å²) in [4.78, 5) is 20.8. The Morgan fingerprint density at radius 2 is 1.77 bits per heavy atom. The molecule has 0 amide bonds. The van der Waals surface area contributed by atoms with Crippen molar-refractivity contribution in [1.82, 2.24) is 9.97 Å². The highest BCUT2D eigenvalue weighted by Crippen LogP contribution is 2.21. The maximum atomic E-state index is 12.0. The molecule has 0 saturated carbocycles. The zero-order valence-electron chi connectivity index (χ0n) is 15.7. The molecule has 0 aliphatic heterocycles. The first kappa shape index (κ1) is 20.4. The van der Waals surface area contributed by atoms with Gasteiger partial charge in [-0.3, -0.25) is 4.79 Å². The van der Waals surface area contributed by atoms with Crippen molar-refractivity contribution in [3.8, 4) is 17.1 Å². The standard InChI is InChI=1S/C21H27ClN2O2/c1-4-5-6-7-16-13-23-20(24-14-16)17-8-10-18(11-9-17)26-21(25)19(22)12-15(2)3/h8-11,13-15,19H,4-7,12H2,1-3H3. The molecule has 1 aromatic carbocycles. The van der Waals surface area contributed by atoms with Gasteiger partial charge in [-0.2, -0.15) is 0 Å². The van der Waals surface area contributed by atoms with Gasteiger partial charge in [0.15, 0.2) is 5.82 Å². The lowest BCUT2D eigenvalue weighted by Gasteiger charge is -2.11. The van der Waals surface area contributed by atoms with Gasteiger partial charge in [-0.25, -0.2) is 9.97 Å². The van der Waals surface area contributed by atoms with Gasteiger partial charge in [0.1, 0.15) is 11.1 Å². The molecule has 0 radical (unpaired) electrons. The first-order valence-electron chi connectivity index (χ1n) is 9.26. The fraction of sp³-hybridized carbons (Fsp3) is 0.476. The Balaban J connectivity index is 1.95. The number of carbonyl (C=O) groups excluding carboxylic acids is 1. The lowest BCUT2D eigenvalue weighted by atomic mass is 10.1. The van der Waals surface area contributed by atoms with Crippen molar-refractivity contribution in [3.63, 3.8) is 0 Å². The molecular formula is C21H27ClN2O2. The summed E-state index contributed by atoms with van der Waals surface area (Å²) in [6.45, 7) is 6.23. The van der Waals surface area contributed by atoms with Gasteiger partial charge in [-0.1, -0.05) is 33.6 Å². The zero-order chi connectivity index (χ0) is 18.9. The van der Waals surface area contributed by atoms with Gasteiger partial charge in [0.25, 0.3) is 0 Å². The third-order valence-electron chi connectivity index (χ3n) is 4.04. The minimum absolute atomic E-state index is 0.342. The number of nitrogens with zero attached hydrogens (tertiary/aromatic N) is 2. The molecule has 1 heterocycles. The van der Waals surface area contributed by atoms with Crippen molar-refractivity contribution < 1.29 is 9.53 Å². The first-order valence-corrected chi connectivity index (χ1v) is 9.70. The molecule has 0 saturated heterocycles.